The first kappa shape index (κ1) is 18.6. The molecule has 2 rings (SSSR count). The van der Waals surface area contributed by atoms with Crippen LogP contribution in [0.2, 0.25) is 0 Å². The van der Waals surface area contributed by atoms with Gasteiger partial charge in [0.05, 0.1) is 12.2 Å². The maximum atomic E-state index is 11.9. The molecule has 1 aromatic heterocycles. The Morgan fingerprint density at radius 2 is 2.08 bits per heavy atom. The molecule has 0 N–H and O–H groups in total. The standard InChI is InChI=1S/C20H15NO5/c1-3-10-25-19(22)15-7-5-6-14(11-15)18-9-8-17(26-18)12-16(13-21)20(23)24-4-2/h1,5-9,11-12H,4,10H2,2H3/b16-12-. The van der Waals surface area contributed by atoms with Gasteiger partial charge in [0.25, 0.3) is 0 Å². The summed E-state index contributed by atoms with van der Waals surface area (Å²) in [4.78, 5) is 23.5. The summed E-state index contributed by atoms with van der Waals surface area (Å²) in [5, 5.41) is 9.05. The maximum Gasteiger partial charge on any atom is 0.349 e. The summed E-state index contributed by atoms with van der Waals surface area (Å²) < 4.78 is 15.3. The Hall–Kier alpha value is -3.77. The molecule has 6 heteroatoms. The number of rotatable bonds is 6. The topological polar surface area (TPSA) is 89.5 Å². The highest BCUT2D eigenvalue weighted by Gasteiger charge is 2.13. The maximum absolute atomic E-state index is 11.9. The van der Waals surface area contributed by atoms with Crippen molar-refractivity contribution in [3.63, 3.8) is 0 Å². The Labute approximate surface area is 150 Å². The Balaban J connectivity index is 2.25. The van der Waals surface area contributed by atoms with E-state index in [1.165, 1.54) is 6.08 Å². The number of ether oxygens (including phenoxy) is 2. The van der Waals surface area contributed by atoms with Crippen LogP contribution in [0.4, 0.5) is 0 Å². The van der Waals surface area contributed by atoms with Crippen LogP contribution in [-0.4, -0.2) is 25.2 Å². The van der Waals surface area contributed by atoms with Gasteiger partial charge >= 0.3 is 11.9 Å². The lowest BCUT2D eigenvalue weighted by atomic mass is 10.1. The fourth-order valence-corrected chi connectivity index (χ4v) is 2.06. The van der Waals surface area contributed by atoms with E-state index in [4.69, 9.17) is 25.6 Å². The number of nitriles is 1. The van der Waals surface area contributed by atoms with Gasteiger partial charge in [0.1, 0.15) is 23.2 Å². The van der Waals surface area contributed by atoms with E-state index in [1.54, 1.807) is 49.4 Å². The fourth-order valence-electron chi connectivity index (χ4n) is 2.06. The van der Waals surface area contributed by atoms with Crippen molar-refractivity contribution in [2.45, 2.75) is 6.92 Å². The smallest absolute Gasteiger partial charge is 0.349 e. The Kier molecular flexibility index (Phi) is 6.36. The SMILES string of the molecule is C#CCOC(=O)c1cccc(-c2ccc(/C=C(/C#N)C(=O)OCC)o2)c1. The van der Waals surface area contributed by atoms with Gasteiger partial charge in [0.2, 0.25) is 0 Å². The zero-order valence-corrected chi connectivity index (χ0v) is 14.0. The number of nitrogens with zero attached hydrogens (tertiary/aromatic N) is 1. The fraction of sp³-hybridized carbons (Fsp3) is 0.150. The van der Waals surface area contributed by atoms with E-state index in [0.29, 0.717) is 22.6 Å². The molecule has 1 aromatic carbocycles. The number of benzene rings is 1. The first-order valence-corrected chi connectivity index (χ1v) is 7.68. The van der Waals surface area contributed by atoms with Crippen LogP contribution in [0.5, 0.6) is 0 Å². The lowest BCUT2D eigenvalue weighted by Crippen LogP contribution is -2.05. The minimum Gasteiger partial charge on any atom is -0.462 e. The minimum atomic E-state index is -0.716. The molecule has 0 aliphatic carbocycles. The molecular formula is C20H15NO5. The molecule has 0 saturated heterocycles. The molecule has 0 spiro atoms. The molecule has 0 radical (unpaired) electrons. The van der Waals surface area contributed by atoms with Gasteiger partial charge in [0, 0.05) is 11.6 Å². The number of carbonyl (C=O) groups is 2. The molecule has 0 saturated carbocycles. The van der Waals surface area contributed by atoms with Gasteiger partial charge in [-0.15, -0.1) is 6.42 Å². The van der Waals surface area contributed by atoms with Crippen LogP contribution >= 0.6 is 0 Å². The van der Waals surface area contributed by atoms with E-state index in [9.17, 15) is 9.59 Å². The van der Waals surface area contributed by atoms with E-state index in [0.717, 1.165) is 0 Å². The number of hydrogen-bond acceptors (Lipinski definition) is 6. The zero-order chi connectivity index (χ0) is 18.9. The molecule has 0 unspecified atom stereocenters. The third-order valence-corrected chi connectivity index (χ3v) is 3.20. The van der Waals surface area contributed by atoms with E-state index in [-0.39, 0.29) is 18.8 Å². The van der Waals surface area contributed by atoms with Gasteiger partial charge in [0.15, 0.2) is 6.61 Å². The summed E-state index contributed by atoms with van der Waals surface area (Å²) in [5.74, 6) is 1.75. The molecule has 0 aliphatic rings. The quantitative estimate of drug-likeness (QED) is 0.344. The molecule has 2 aromatic rings. The van der Waals surface area contributed by atoms with Gasteiger partial charge in [-0.3, -0.25) is 0 Å². The molecule has 0 amide bonds. The van der Waals surface area contributed by atoms with Gasteiger partial charge in [-0.2, -0.15) is 5.26 Å². The Morgan fingerprint density at radius 3 is 2.77 bits per heavy atom. The number of carbonyl (C=O) groups excluding carboxylic acids is 2. The third-order valence-electron chi connectivity index (χ3n) is 3.20. The van der Waals surface area contributed by atoms with Crippen LogP contribution in [0.25, 0.3) is 17.4 Å². The molecule has 1 heterocycles. The molecule has 0 fully saturated rings. The van der Waals surface area contributed by atoms with Crippen molar-refractivity contribution >= 4 is 18.0 Å². The number of terminal acetylenes is 1. The summed E-state index contributed by atoms with van der Waals surface area (Å²) in [7, 11) is 0. The average molecular weight is 349 g/mol. The normalized spacial score (nSPS) is 10.5. The van der Waals surface area contributed by atoms with Crippen molar-refractivity contribution in [3.05, 3.63) is 53.3 Å². The second-order valence-electron chi connectivity index (χ2n) is 4.95. The minimum absolute atomic E-state index is 0.108. The summed E-state index contributed by atoms with van der Waals surface area (Å²) >= 11 is 0. The Bertz CT molecular complexity index is 924. The predicted molar refractivity (Wildman–Crippen MR) is 93.5 cm³/mol. The highest BCUT2D eigenvalue weighted by atomic mass is 16.5. The van der Waals surface area contributed by atoms with Crippen LogP contribution in [0, 0.1) is 23.7 Å². The van der Waals surface area contributed by atoms with Gasteiger partial charge in [-0.1, -0.05) is 18.1 Å². The van der Waals surface area contributed by atoms with Crippen molar-refractivity contribution < 1.29 is 23.5 Å². The summed E-state index contributed by atoms with van der Waals surface area (Å²) in [6, 6.07) is 11.7. The van der Waals surface area contributed by atoms with Crippen LogP contribution < -0.4 is 0 Å². The van der Waals surface area contributed by atoms with Crippen molar-refractivity contribution in [1.29, 1.82) is 5.26 Å². The zero-order valence-electron chi connectivity index (χ0n) is 14.0. The molecule has 6 nitrogen and oxygen atoms in total. The first-order valence-electron chi connectivity index (χ1n) is 7.68. The average Bonchev–Trinajstić information content (AvgIpc) is 3.13. The van der Waals surface area contributed by atoms with Gasteiger partial charge < -0.3 is 13.9 Å². The molecule has 130 valence electrons. The van der Waals surface area contributed by atoms with Gasteiger partial charge in [-0.05, 0) is 31.2 Å². The third kappa shape index (κ3) is 4.62. The molecule has 0 aliphatic heterocycles. The van der Waals surface area contributed by atoms with Crippen LogP contribution in [0.3, 0.4) is 0 Å². The monoisotopic (exact) mass is 349 g/mol. The van der Waals surface area contributed by atoms with Gasteiger partial charge in [-0.25, -0.2) is 9.59 Å². The molecular weight excluding hydrogens is 334 g/mol. The van der Waals surface area contributed by atoms with E-state index < -0.39 is 11.9 Å². The van der Waals surface area contributed by atoms with Crippen molar-refractivity contribution in [1.82, 2.24) is 0 Å². The number of hydrogen-bond donors (Lipinski definition) is 0. The second-order valence-corrected chi connectivity index (χ2v) is 4.95. The van der Waals surface area contributed by atoms with Crippen molar-refractivity contribution in [2.75, 3.05) is 13.2 Å². The number of furan rings is 1. The van der Waals surface area contributed by atoms with E-state index >= 15 is 0 Å². The van der Waals surface area contributed by atoms with Crippen LogP contribution in [0.15, 0.2) is 46.4 Å². The first-order chi connectivity index (χ1) is 12.6. The summed E-state index contributed by atoms with van der Waals surface area (Å²) in [5.41, 5.74) is 0.796. The molecule has 26 heavy (non-hydrogen) atoms. The Morgan fingerprint density at radius 1 is 1.27 bits per heavy atom. The van der Waals surface area contributed by atoms with Crippen LogP contribution in [-0.2, 0) is 14.3 Å². The summed E-state index contributed by atoms with van der Waals surface area (Å²) in [6.07, 6.45) is 6.36. The summed E-state index contributed by atoms with van der Waals surface area (Å²) in [6.45, 7) is 1.72. The van der Waals surface area contributed by atoms with Crippen LogP contribution in [0.1, 0.15) is 23.0 Å². The largest absolute Gasteiger partial charge is 0.462 e. The van der Waals surface area contributed by atoms with Crippen molar-refractivity contribution in [2.24, 2.45) is 0 Å². The van der Waals surface area contributed by atoms with E-state index in [1.807, 2.05) is 0 Å². The number of esters is 2. The second kappa shape index (κ2) is 8.91. The lowest BCUT2D eigenvalue weighted by Gasteiger charge is -2.03. The predicted octanol–water partition coefficient (Wildman–Crippen LogP) is 3.21. The molecule has 0 atom stereocenters. The van der Waals surface area contributed by atoms with E-state index in [2.05, 4.69) is 5.92 Å². The highest BCUT2D eigenvalue weighted by Crippen LogP contribution is 2.24. The van der Waals surface area contributed by atoms with Crippen molar-refractivity contribution in [3.8, 4) is 29.7 Å². The lowest BCUT2D eigenvalue weighted by molar-refractivity contribution is -0.137. The molecule has 0 bridgehead atoms. The highest BCUT2D eigenvalue weighted by molar-refractivity contribution is 5.97.